The second kappa shape index (κ2) is 8.65. The summed E-state index contributed by atoms with van der Waals surface area (Å²) < 4.78 is 0. The molecular formula is C6H10N3NaO2. The van der Waals surface area contributed by atoms with Crippen molar-refractivity contribution in [2.24, 2.45) is 11.0 Å². The Hall–Kier alpha value is -0.440. The van der Waals surface area contributed by atoms with Crippen molar-refractivity contribution in [2.75, 3.05) is 6.54 Å². The molecule has 2 N–H and O–H groups in total. The fraction of sp³-hybridized carbons (Fsp3) is 0.667. The third kappa shape index (κ3) is 7.66. The van der Waals surface area contributed by atoms with Crippen LogP contribution < -0.4 is 0 Å². The van der Waals surface area contributed by atoms with E-state index in [2.05, 4.69) is 5.11 Å². The van der Waals surface area contributed by atoms with Crippen molar-refractivity contribution in [3.8, 4) is 6.07 Å². The molecule has 0 fully saturated rings. The van der Waals surface area contributed by atoms with Crippen LogP contribution in [0.5, 0.6) is 0 Å². The predicted molar refractivity (Wildman–Crippen MR) is 43.1 cm³/mol. The molecule has 6 heteroatoms. The summed E-state index contributed by atoms with van der Waals surface area (Å²) in [5, 5.41) is 19.6. The molecule has 1 unspecified atom stereocenters. The average molecular weight is 179 g/mol. The number of nitrogens with zero attached hydrogens (tertiary/aromatic N) is 2. The van der Waals surface area contributed by atoms with Crippen LogP contribution in [0.1, 0.15) is 12.8 Å². The Kier molecular flexibility index (Phi) is 10.2. The zero-order valence-electron chi connectivity index (χ0n) is 5.95. The van der Waals surface area contributed by atoms with Gasteiger partial charge >= 0.3 is 35.5 Å². The standard InChI is InChI=1S/C6H9N3O2.Na.H/c7-3-5(4-9-8)1-2-6(10)11;;/h5,8H,1-2,4H2,(H,10,11);;. The summed E-state index contributed by atoms with van der Waals surface area (Å²) in [7, 11) is 0. The number of rotatable bonds is 5. The van der Waals surface area contributed by atoms with Crippen LogP contribution in [-0.4, -0.2) is 47.2 Å². The van der Waals surface area contributed by atoms with Crippen LogP contribution in [0.2, 0.25) is 0 Å². The molecule has 0 aromatic rings. The molecule has 0 heterocycles. The Balaban J connectivity index is 0. The van der Waals surface area contributed by atoms with Gasteiger partial charge in [0.25, 0.3) is 0 Å². The minimum atomic E-state index is -0.921. The molecule has 0 saturated carbocycles. The summed E-state index contributed by atoms with van der Waals surface area (Å²) >= 11 is 0. The molecule has 0 radical (unpaired) electrons. The van der Waals surface area contributed by atoms with Crippen molar-refractivity contribution in [1.29, 1.82) is 10.8 Å². The van der Waals surface area contributed by atoms with Crippen LogP contribution in [-0.2, 0) is 4.79 Å². The molecule has 62 valence electrons. The van der Waals surface area contributed by atoms with E-state index >= 15 is 0 Å². The van der Waals surface area contributed by atoms with Gasteiger partial charge in [-0.2, -0.15) is 10.4 Å². The molecule has 0 bridgehead atoms. The van der Waals surface area contributed by atoms with Crippen LogP contribution in [0, 0.1) is 22.8 Å². The van der Waals surface area contributed by atoms with Crippen molar-refractivity contribution in [3.63, 3.8) is 0 Å². The number of hydrogen-bond donors (Lipinski definition) is 2. The van der Waals surface area contributed by atoms with Gasteiger partial charge in [-0.1, -0.05) is 0 Å². The number of hydrogen-bond acceptors (Lipinski definition) is 4. The van der Waals surface area contributed by atoms with Crippen LogP contribution in [0.3, 0.4) is 0 Å². The first kappa shape index (κ1) is 14.1. The fourth-order valence-corrected chi connectivity index (χ4v) is 0.605. The molecule has 0 aromatic carbocycles. The van der Waals surface area contributed by atoms with Crippen molar-refractivity contribution in [2.45, 2.75) is 12.8 Å². The summed E-state index contributed by atoms with van der Waals surface area (Å²) in [6.07, 6.45) is 0.238. The normalized spacial score (nSPS) is 10.6. The van der Waals surface area contributed by atoms with Gasteiger partial charge in [0.05, 0.1) is 18.5 Å². The van der Waals surface area contributed by atoms with Crippen molar-refractivity contribution < 1.29 is 9.90 Å². The van der Waals surface area contributed by atoms with Crippen LogP contribution in [0.25, 0.3) is 0 Å². The van der Waals surface area contributed by atoms with Crippen molar-refractivity contribution in [1.82, 2.24) is 0 Å². The van der Waals surface area contributed by atoms with Crippen molar-refractivity contribution >= 4 is 35.5 Å². The first-order chi connectivity index (χ1) is 5.20. The van der Waals surface area contributed by atoms with Gasteiger partial charge in [0.2, 0.25) is 0 Å². The molecule has 0 aliphatic rings. The second-order valence-electron chi connectivity index (χ2n) is 2.10. The summed E-state index contributed by atoms with van der Waals surface area (Å²) in [4.78, 5) is 10.0. The van der Waals surface area contributed by atoms with Gasteiger partial charge in [-0.25, -0.2) is 5.53 Å². The van der Waals surface area contributed by atoms with E-state index in [-0.39, 0.29) is 48.9 Å². The molecule has 12 heavy (non-hydrogen) atoms. The van der Waals surface area contributed by atoms with E-state index in [1.54, 1.807) is 0 Å². The number of carbonyl (C=O) groups is 1. The van der Waals surface area contributed by atoms with Gasteiger partial charge in [0.1, 0.15) is 0 Å². The number of carboxylic acids is 1. The number of aliphatic carboxylic acids is 1. The van der Waals surface area contributed by atoms with E-state index in [4.69, 9.17) is 15.9 Å². The number of nitriles is 1. The van der Waals surface area contributed by atoms with Gasteiger partial charge in [-0.05, 0) is 6.42 Å². The molecule has 0 spiro atoms. The third-order valence-electron chi connectivity index (χ3n) is 1.20. The number of nitrogens with one attached hydrogen (secondary N) is 1. The second-order valence-corrected chi connectivity index (χ2v) is 2.10. The number of carboxylic acid groups (broad SMARTS) is 1. The van der Waals surface area contributed by atoms with Gasteiger partial charge in [0.15, 0.2) is 0 Å². The van der Waals surface area contributed by atoms with Crippen LogP contribution in [0.4, 0.5) is 0 Å². The van der Waals surface area contributed by atoms with Gasteiger partial charge in [0, 0.05) is 6.42 Å². The summed E-state index contributed by atoms with van der Waals surface area (Å²) in [5.41, 5.74) is 6.45. The van der Waals surface area contributed by atoms with Gasteiger partial charge in [-0.15, -0.1) is 0 Å². The summed E-state index contributed by atoms with van der Waals surface area (Å²) in [5.74, 6) is -1.35. The van der Waals surface area contributed by atoms with Gasteiger partial charge < -0.3 is 5.11 Å². The zero-order chi connectivity index (χ0) is 8.69. The summed E-state index contributed by atoms with van der Waals surface area (Å²) in [6.45, 7) is 0.101. The molecule has 0 aliphatic heterocycles. The Labute approximate surface area is 92.6 Å². The molecule has 0 aromatic heterocycles. The fourth-order valence-electron chi connectivity index (χ4n) is 0.605. The van der Waals surface area contributed by atoms with Crippen molar-refractivity contribution in [3.05, 3.63) is 0 Å². The Morgan fingerprint density at radius 3 is 2.67 bits per heavy atom. The third-order valence-corrected chi connectivity index (χ3v) is 1.20. The minimum absolute atomic E-state index is 0. The topological polar surface area (TPSA) is 97.3 Å². The molecule has 5 nitrogen and oxygen atoms in total. The molecule has 0 amide bonds. The van der Waals surface area contributed by atoms with Gasteiger partial charge in [-0.3, -0.25) is 4.79 Å². The van der Waals surface area contributed by atoms with E-state index in [0.29, 0.717) is 0 Å². The molecule has 0 saturated heterocycles. The Bertz CT molecular complexity index is 190. The van der Waals surface area contributed by atoms with E-state index < -0.39 is 11.9 Å². The van der Waals surface area contributed by atoms with E-state index in [1.807, 2.05) is 6.07 Å². The first-order valence-electron chi connectivity index (χ1n) is 3.15. The van der Waals surface area contributed by atoms with Crippen LogP contribution >= 0.6 is 0 Å². The first-order valence-corrected chi connectivity index (χ1v) is 3.15. The Morgan fingerprint density at radius 1 is 1.75 bits per heavy atom. The quantitative estimate of drug-likeness (QED) is 0.471. The monoisotopic (exact) mass is 179 g/mol. The molecule has 1 atom stereocenters. The summed E-state index contributed by atoms with van der Waals surface area (Å²) in [6, 6.07) is 1.88. The predicted octanol–water partition coefficient (Wildman–Crippen LogP) is 0.373. The van der Waals surface area contributed by atoms with Crippen LogP contribution in [0.15, 0.2) is 5.11 Å². The Morgan fingerprint density at radius 2 is 2.33 bits per heavy atom. The molecular weight excluding hydrogens is 169 g/mol. The van der Waals surface area contributed by atoms with E-state index in [1.165, 1.54) is 0 Å². The molecule has 0 rings (SSSR count). The maximum absolute atomic E-state index is 10.0. The average Bonchev–Trinajstić information content (AvgIpc) is 1.97. The van der Waals surface area contributed by atoms with E-state index in [9.17, 15) is 4.79 Å². The molecule has 0 aliphatic carbocycles. The maximum atomic E-state index is 10.0. The zero-order valence-corrected chi connectivity index (χ0v) is 5.95. The van der Waals surface area contributed by atoms with E-state index in [0.717, 1.165) is 0 Å². The SMILES string of the molecule is N#CC(CCC(=O)O)CN=N.[NaH].